The molecule has 1 aromatic carbocycles. The van der Waals surface area contributed by atoms with Crippen molar-refractivity contribution in [2.75, 3.05) is 36.5 Å². The lowest BCUT2D eigenvalue weighted by atomic mass is 9.86. The summed E-state index contributed by atoms with van der Waals surface area (Å²) >= 11 is 0. The minimum absolute atomic E-state index is 0.0346. The van der Waals surface area contributed by atoms with Crippen LogP contribution in [0.15, 0.2) is 24.4 Å². The number of aromatic nitrogens is 2. The number of hydrogen-bond acceptors (Lipinski definition) is 5. The van der Waals surface area contributed by atoms with Crippen LogP contribution in [-0.4, -0.2) is 42.2 Å². The van der Waals surface area contributed by atoms with Crippen molar-refractivity contribution in [3.63, 3.8) is 0 Å². The van der Waals surface area contributed by atoms with E-state index in [1.807, 2.05) is 6.20 Å². The summed E-state index contributed by atoms with van der Waals surface area (Å²) in [4.78, 5) is 24.0. The van der Waals surface area contributed by atoms with Crippen molar-refractivity contribution in [1.29, 1.82) is 0 Å². The number of carbonyl (C=O) groups excluding carboxylic acids is 1. The number of fused-ring (bicyclic) bond motifs is 1. The predicted octanol–water partition coefficient (Wildman–Crippen LogP) is 2.50. The third-order valence-electron chi connectivity index (χ3n) is 5.25. The molecule has 27 heavy (non-hydrogen) atoms. The molecule has 4 rings (SSSR count). The average Bonchev–Trinajstić information content (AvgIpc) is 2.70. The van der Waals surface area contributed by atoms with Gasteiger partial charge in [0.1, 0.15) is 5.82 Å². The zero-order valence-corrected chi connectivity index (χ0v) is 15.4. The van der Waals surface area contributed by atoms with Crippen LogP contribution < -0.4 is 10.2 Å². The summed E-state index contributed by atoms with van der Waals surface area (Å²) in [5.41, 5.74) is 3.45. The summed E-state index contributed by atoms with van der Waals surface area (Å²) in [5.74, 6) is 0.291. The summed E-state index contributed by atoms with van der Waals surface area (Å²) in [7, 11) is 0. The standard InChI is InChI=1S/C20H23FN4O2/c1-13-10-16(21)3-5-17(13)23-19(26)14-2-4-18-15(11-14)12-22-20(24-18)25-6-8-27-9-7-25/h3,5,10,12,14H,2,4,6-9,11H2,1H3,(H,23,26). The largest absolute Gasteiger partial charge is 0.378 e. The van der Waals surface area contributed by atoms with Gasteiger partial charge >= 0.3 is 0 Å². The lowest BCUT2D eigenvalue weighted by Gasteiger charge is -2.28. The average molecular weight is 370 g/mol. The van der Waals surface area contributed by atoms with Crippen molar-refractivity contribution in [3.05, 3.63) is 47.0 Å². The molecule has 1 fully saturated rings. The summed E-state index contributed by atoms with van der Waals surface area (Å²) in [6, 6.07) is 4.39. The zero-order chi connectivity index (χ0) is 18.8. The van der Waals surface area contributed by atoms with Crippen molar-refractivity contribution in [3.8, 4) is 0 Å². The quantitative estimate of drug-likeness (QED) is 0.899. The molecule has 0 saturated carbocycles. The molecule has 1 unspecified atom stereocenters. The van der Waals surface area contributed by atoms with Crippen molar-refractivity contribution < 1.29 is 13.9 Å². The number of carbonyl (C=O) groups is 1. The molecular weight excluding hydrogens is 347 g/mol. The van der Waals surface area contributed by atoms with Crippen molar-refractivity contribution in [1.82, 2.24) is 9.97 Å². The molecule has 1 saturated heterocycles. The summed E-state index contributed by atoms with van der Waals surface area (Å²) in [6.45, 7) is 4.80. The third-order valence-corrected chi connectivity index (χ3v) is 5.25. The van der Waals surface area contributed by atoms with Crippen LogP contribution in [-0.2, 0) is 22.4 Å². The van der Waals surface area contributed by atoms with Gasteiger partial charge in [-0.15, -0.1) is 0 Å². The van der Waals surface area contributed by atoms with E-state index in [1.54, 1.807) is 13.0 Å². The van der Waals surface area contributed by atoms with Gasteiger partial charge in [0.2, 0.25) is 11.9 Å². The van der Waals surface area contributed by atoms with Gasteiger partial charge in [0.15, 0.2) is 0 Å². The van der Waals surface area contributed by atoms with E-state index in [-0.39, 0.29) is 17.6 Å². The number of hydrogen-bond donors (Lipinski definition) is 1. The number of morpholine rings is 1. The first-order valence-corrected chi connectivity index (χ1v) is 9.34. The van der Waals surface area contributed by atoms with Crippen LogP contribution in [0.2, 0.25) is 0 Å². The fourth-order valence-corrected chi connectivity index (χ4v) is 3.64. The molecule has 0 radical (unpaired) electrons. The van der Waals surface area contributed by atoms with E-state index in [0.29, 0.717) is 25.3 Å². The molecule has 1 N–H and O–H groups in total. The first kappa shape index (κ1) is 17.9. The highest BCUT2D eigenvalue weighted by Gasteiger charge is 2.27. The van der Waals surface area contributed by atoms with E-state index in [9.17, 15) is 9.18 Å². The smallest absolute Gasteiger partial charge is 0.227 e. The maximum absolute atomic E-state index is 13.2. The van der Waals surface area contributed by atoms with Crippen LogP contribution in [0.25, 0.3) is 0 Å². The number of aryl methyl sites for hydroxylation is 2. The third kappa shape index (κ3) is 3.93. The minimum Gasteiger partial charge on any atom is -0.378 e. The van der Waals surface area contributed by atoms with Crippen LogP contribution >= 0.6 is 0 Å². The monoisotopic (exact) mass is 370 g/mol. The van der Waals surface area contributed by atoms with Crippen LogP contribution in [0.1, 0.15) is 23.2 Å². The molecule has 2 heterocycles. The molecule has 1 aliphatic carbocycles. The van der Waals surface area contributed by atoms with Gasteiger partial charge in [-0.25, -0.2) is 14.4 Å². The van der Waals surface area contributed by atoms with Crippen LogP contribution in [0.5, 0.6) is 0 Å². The van der Waals surface area contributed by atoms with E-state index < -0.39 is 0 Å². The molecule has 1 atom stereocenters. The summed E-state index contributed by atoms with van der Waals surface area (Å²) in [5, 5.41) is 2.93. The molecule has 1 aliphatic heterocycles. The van der Waals surface area contributed by atoms with E-state index in [2.05, 4.69) is 15.2 Å². The maximum Gasteiger partial charge on any atom is 0.227 e. The number of benzene rings is 1. The van der Waals surface area contributed by atoms with E-state index in [1.165, 1.54) is 12.1 Å². The highest BCUT2D eigenvalue weighted by Crippen LogP contribution is 2.27. The SMILES string of the molecule is Cc1cc(F)ccc1NC(=O)C1CCc2nc(N3CCOCC3)ncc2C1. The molecule has 7 heteroatoms. The Hall–Kier alpha value is -2.54. The zero-order valence-electron chi connectivity index (χ0n) is 15.4. The Kier molecular flexibility index (Phi) is 5.03. The highest BCUT2D eigenvalue weighted by molar-refractivity contribution is 5.93. The topological polar surface area (TPSA) is 67.4 Å². The Morgan fingerprint density at radius 3 is 2.93 bits per heavy atom. The first-order chi connectivity index (χ1) is 13.1. The van der Waals surface area contributed by atoms with Crippen LogP contribution in [0.4, 0.5) is 16.0 Å². The van der Waals surface area contributed by atoms with Crippen molar-refractivity contribution in [2.45, 2.75) is 26.2 Å². The lowest BCUT2D eigenvalue weighted by molar-refractivity contribution is -0.120. The second-order valence-corrected chi connectivity index (χ2v) is 7.13. The Morgan fingerprint density at radius 2 is 2.15 bits per heavy atom. The van der Waals surface area contributed by atoms with Gasteiger partial charge < -0.3 is 15.0 Å². The molecule has 0 bridgehead atoms. The Labute approximate surface area is 157 Å². The number of rotatable bonds is 3. The number of nitrogens with zero attached hydrogens (tertiary/aromatic N) is 3. The van der Waals surface area contributed by atoms with Gasteiger partial charge in [0, 0.05) is 36.6 Å². The molecule has 1 aromatic heterocycles. The van der Waals surface area contributed by atoms with Crippen LogP contribution in [0, 0.1) is 18.7 Å². The predicted molar refractivity (Wildman–Crippen MR) is 100 cm³/mol. The lowest BCUT2D eigenvalue weighted by Crippen LogP contribution is -2.38. The van der Waals surface area contributed by atoms with Gasteiger partial charge in [-0.2, -0.15) is 0 Å². The van der Waals surface area contributed by atoms with Crippen molar-refractivity contribution in [2.24, 2.45) is 5.92 Å². The number of ether oxygens (including phenoxy) is 1. The molecule has 1 amide bonds. The fraction of sp³-hybridized carbons (Fsp3) is 0.450. The molecule has 2 aliphatic rings. The molecule has 2 aromatic rings. The van der Waals surface area contributed by atoms with Gasteiger partial charge in [-0.05, 0) is 55.5 Å². The summed E-state index contributed by atoms with van der Waals surface area (Å²) < 4.78 is 18.6. The van der Waals surface area contributed by atoms with E-state index in [0.717, 1.165) is 48.7 Å². The summed E-state index contributed by atoms with van der Waals surface area (Å²) in [6.07, 6.45) is 3.99. The normalized spacial score (nSPS) is 19.5. The second kappa shape index (κ2) is 7.60. The maximum atomic E-state index is 13.2. The number of nitrogens with one attached hydrogen (secondary N) is 1. The van der Waals surface area contributed by atoms with Gasteiger partial charge in [0.25, 0.3) is 0 Å². The van der Waals surface area contributed by atoms with Gasteiger partial charge in [-0.3, -0.25) is 4.79 Å². The van der Waals surface area contributed by atoms with E-state index >= 15 is 0 Å². The Balaban J connectivity index is 1.44. The molecule has 6 nitrogen and oxygen atoms in total. The van der Waals surface area contributed by atoms with Gasteiger partial charge in [-0.1, -0.05) is 0 Å². The van der Waals surface area contributed by atoms with Gasteiger partial charge in [0.05, 0.1) is 13.2 Å². The Bertz CT molecular complexity index is 852. The Morgan fingerprint density at radius 1 is 1.33 bits per heavy atom. The molecule has 0 spiro atoms. The minimum atomic E-state index is -0.301. The number of amides is 1. The van der Waals surface area contributed by atoms with Crippen LogP contribution in [0.3, 0.4) is 0 Å². The number of anilines is 2. The number of halogens is 1. The fourth-order valence-electron chi connectivity index (χ4n) is 3.64. The highest BCUT2D eigenvalue weighted by atomic mass is 19.1. The van der Waals surface area contributed by atoms with E-state index in [4.69, 9.17) is 9.72 Å². The molecular formula is C20H23FN4O2. The molecule has 142 valence electrons. The second-order valence-electron chi connectivity index (χ2n) is 7.13. The first-order valence-electron chi connectivity index (χ1n) is 9.34. The van der Waals surface area contributed by atoms with Crippen molar-refractivity contribution >= 4 is 17.5 Å².